The molecular weight excluding hydrogens is 522 g/mol. The van der Waals surface area contributed by atoms with Crippen molar-refractivity contribution in [1.82, 2.24) is 10.2 Å². The van der Waals surface area contributed by atoms with Crippen LogP contribution < -0.4 is 16.8 Å². The van der Waals surface area contributed by atoms with E-state index in [4.69, 9.17) is 16.9 Å². The first-order chi connectivity index (χ1) is 18.9. The van der Waals surface area contributed by atoms with Crippen LogP contribution in [0.2, 0.25) is 0 Å². The minimum absolute atomic E-state index is 0.0977. The van der Waals surface area contributed by atoms with Gasteiger partial charge >= 0.3 is 0 Å². The minimum Gasteiger partial charge on any atom is -0.387 e. The van der Waals surface area contributed by atoms with E-state index in [1.54, 1.807) is 0 Å². The second-order valence-corrected chi connectivity index (χ2v) is 17.9. The third-order valence-electron chi connectivity index (χ3n) is 11.6. The van der Waals surface area contributed by atoms with Crippen molar-refractivity contribution in [2.75, 3.05) is 6.54 Å². The number of nitrogens with two attached hydrogens (primary N) is 2. The molecule has 4 aliphatic carbocycles. The molecule has 0 bridgehead atoms. The van der Waals surface area contributed by atoms with Crippen molar-refractivity contribution >= 4 is 21.6 Å². The zero-order chi connectivity index (χ0) is 28.8. The van der Waals surface area contributed by atoms with Crippen LogP contribution in [-0.2, 0) is 14.6 Å². The second-order valence-electron chi connectivity index (χ2n) is 15.0. The third kappa shape index (κ3) is 5.98. The van der Waals surface area contributed by atoms with Crippen molar-refractivity contribution in [2.24, 2.45) is 41.1 Å². The van der Waals surface area contributed by atoms with Crippen LogP contribution in [0, 0.1) is 35.0 Å². The summed E-state index contributed by atoms with van der Waals surface area (Å²) in [5.74, 6) is 2.05. The Morgan fingerprint density at radius 1 is 0.925 bits per heavy atom. The van der Waals surface area contributed by atoms with Crippen molar-refractivity contribution in [3.63, 3.8) is 0 Å². The summed E-state index contributed by atoms with van der Waals surface area (Å²) in [7, 11) is -3.23. The van der Waals surface area contributed by atoms with Gasteiger partial charge in [-0.2, -0.15) is 0 Å². The van der Waals surface area contributed by atoms with E-state index >= 15 is 0 Å². The average Bonchev–Trinajstić information content (AvgIpc) is 3.27. The number of amidine groups is 1. The first-order valence-corrected chi connectivity index (χ1v) is 17.8. The summed E-state index contributed by atoms with van der Waals surface area (Å²) in [5.41, 5.74) is 12.1. The van der Waals surface area contributed by atoms with E-state index in [1.165, 1.54) is 0 Å². The smallest absolute Gasteiger partial charge is 0.237 e. The summed E-state index contributed by atoms with van der Waals surface area (Å²) in [6.45, 7) is 6.43. The van der Waals surface area contributed by atoms with Crippen LogP contribution >= 0.6 is 0 Å². The number of carbonyl (C=O) groups is 1. The van der Waals surface area contributed by atoms with Crippen LogP contribution in [0.3, 0.4) is 0 Å². The number of hydrogen-bond acceptors (Lipinski definition) is 6. The van der Waals surface area contributed by atoms with Gasteiger partial charge in [-0.15, -0.1) is 0 Å². The van der Waals surface area contributed by atoms with E-state index in [0.717, 1.165) is 96.4 Å². The zero-order valence-electron chi connectivity index (χ0n) is 25.1. The standard InChI is InChI=1S/C31H55N5O3S/c1-31(2,3)40(38,39)28-9-5-7-24-21(6-4-8-25(24)28)18-36-26-17-20(29(33)34)11-10-19(26)16-27(36)30(37)35-23-14-12-22(32)13-15-23/h19-28H,4-18,32H2,1-3H3,(H3,33,34)(H,35,37). The van der Waals surface area contributed by atoms with E-state index in [1.807, 2.05) is 20.8 Å². The lowest BCUT2D eigenvalue weighted by molar-refractivity contribution is -0.127. The highest BCUT2D eigenvalue weighted by Crippen LogP contribution is 2.50. The highest BCUT2D eigenvalue weighted by molar-refractivity contribution is 7.93. The molecule has 5 fully saturated rings. The number of likely N-dealkylation sites (tertiary alicyclic amines) is 1. The van der Waals surface area contributed by atoms with Gasteiger partial charge in [-0.25, -0.2) is 8.42 Å². The quantitative estimate of drug-likeness (QED) is 0.278. The summed E-state index contributed by atoms with van der Waals surface area (Å²) >= 11 is 0. The topological polar surface area (TPSA) is 142 Å². The number of carbonyl (C=O) groups excluding carboxylic acids is 1. The maximum atomic E-state index is 13.9. The van der Waals surface area contributed by atoms with E-state index in [-0.39, 0.29) is 53.0 Å². The summed E-state index contributed by atoms with van der Waals surface area (Å²) in [6.07, 6.45) is 13.6. The molecule has 0 spiro atoms. The molecule has 40 heavy (non-hydrogen) atoms. The highest BCUT2D eigenvalue weighted by Gasteiger charge is 2.52. The number of amides is 1. The summed E-state index contributed by atoms with van der Waals surface area (Å²) < 4.78 is 26.6. The van der Waals surface area contributed by atoms with Crippen LogP contribution in [0.5, 0.6) is 0 Å². The maximum Gasteiger partial charge on any atom is 0.237 e. The second kappa shape index (κ2) is 11.8. The summed E-state index contributed by atoms with van der Waals surface area (Å²) in [5, 5.41) is 11.3. The number of hydrogen-bond donors (Lipinski definition) is 4. The van der Waals surface area contributed by atoms with E-state index < -0.39 is 14.6 Å². The monoisotopic (exact) mass is 577 g/mol. The summed E-state index contributed by atoms with van der Waals surface area (Å²) in [4.78, 5) is 16.4. The van der Waals surface area contributed by atoms with Gasteiger partial charge in [0, 0.05) is 30.6 Å². The Morgan fingerprint density at radius 2 is 1.60 bits per heavy atom. The Hall–Kier alpha value is -1.19. The molecule has 8 unspecified atom stereocenters. The molecule has 228 valence electrons. The fraction of sp³-hybridized carbons (Fsp3) is 0.935. The molecule has 0 aromatic rings. The molecule has 6 N–H and O–H groups in total. The lowest BCUT2D eigenvalue weighted by Crippen LogP contribution is -2.54. The number of rotatable bonds is 6. The predicted octanol–water partition coefficient (Wildman–Crippen LogP) is 3.97. The van der Waals surface area contributed by atoms with Crippen molar-refractivity contribution in [3.05, 3.63) is 0 Å². The van der Waals surface area contributed by atoms with Crippen molar-refractivity contribution in [3.8, 4) is 0 Å². The van der Waals surface area contributed by atoms with Crippen molar-refractivity contribution in [2.45, 2.75) is 145 Å². The van der Waals surface area contributed by atoms with Gasteiger partial charge in [0.1, 0.15) is 0 Å². The molecule has 1 heterocycles. The molecule has 4 saturated carbocycles. The van der Waals surface area contributed by atoms with Crippen LogP contribution in [-0.4, -0.2) is 65.8 Å². The first-order valence-electron chi connectivity index (χ1n) is 16.3. The SMILES string of the molecule is CC(C)(C)S(=O)(=O)C1CCCC2C(CN3C(C(=O)NC4CCC(N)CC4)CC4CCC(C(=N)N)CC43)CCCC21. The number of nitrogens with zero attached hydrogens (tertiary/aromatic N) is 1. The molecule has 0 radical (unpaired) electrons. The highest BCUT2D eigenvalue weighted by atomic mass is 32.2. The van der Waals surface area contributed by atoms with E-state index in [0.29, 0.717) is 17.8 Å². The van der Waals surface area contributed by atoms with Crippen LogP contribution in [0.25, 0.3) is 0 Å². The molecule has 9 heteroatoms. The molecule has 1 saturated heterocycles. The summed E-state index contributed by atoms with van der Waals surface area (Å²) in [6, 6.07) is 0.594. The Labute approximate surface area is 242 Å². The van der Waals surface area contributed by atoms with E-state index in [2.05, 4.69) is 10.2 Å². The number of nitrogens with one attached hydrogen (secondary N) is 2. The molecule has 5 rings (SSSR count). The Morgan fingerprint density at radius 3 is 2.27 bits per heavy atom. The van der Waals surface area contributed by atoms with Gasteiger partial charge in [0.25, 0.3) is 0 Å². The van der Waals surface area contributed by atoms with Gasteiger partial charge in [-0.3, -0.25) is 15.1 Å². The lowest BCUT2D eigenvalue weighted by atomic mass is 9.65. The van der Waals surface area contributed by atoms with Gasteiger partial charge in [-0.05, 0) is 121 Å². The molecule has 8 atom stereocenters. The van der Waals surface area contributed by atoms with E-state index in [9.17, 15) is 13.2 Å². The van der Waals surface area contributed by atoms with Gasteiger partial charge in [0.05, 0.1) is 21.9 Å². The molecular formula is C31H55N5O3S. The molecule has 1 amide bonds. The Bertz CT molecular complexity index is 1030. The third-order valence-corrected chi connectivity index (χ3v) is 14.7. The Balaban J connectivity index is 1.36. The predicted molar refractivity (Wildman–Crippen MR) is 161 cm³/mol. The largest absolute Gasteiger partial charge is 0.387 e. The van der Waals surface area contributed by atoms with Gasteiger partial charge < -0.3 is 16.8 Å². The van der Waals surface area contributed by atoms with Crippen LogP contribution in [0.4, 0.5) is 0 Å². The normalized spacial score (nSPS) is 41.1. The molecule has 0 aromatic carbocycles. The molecule has 8 nitrogen and oxygen atoms in total. The van der Waals surface area contributed by atoms with Gasteiger partial charge in [0.2, 0.25) is 5.91 Å². The molecule has 5 aliphatic rings. The molecule has 1 aliphatic heterocycles. The fourth-order valence-electron chi connectivity index (χ4n) is 9.32. The van der Waals surface area contributed by atoms with Crippen LogP contribution in [0.1, 0.15) is 111 Å². The average molecular weight is 578 g/mol. The minimum atomic E-state index is -3.23. The van der Waals surface area contributed by atoms with Crippen LogP contribution in [0.15, 0.2) is 0 Å². The number of fused-ring (bicyclic) bond motifs is 2. The number of sulfone groups is 1. The van der Waals surface area contributed by atoms with Crippen molar-refractivity contribution in [1.29, 1.82) is 5.41 Å². The maximum absolute atomic E-state index is 13.9. The first kappa shape index (κ1) is 30.3. The van der Waals surface area contributed by atoms with Gasteiger partial charge in [0.15, 0.2) is 9.84 Å². The fourth-order valence-corrected chi connectivity index (χ4v) is 11.5. The molecule has 0 aromatic heterocycles. The van der Waals surface area contributed by atoms with Gasteiger partial charge in [-0.1, -0.05) is 12.8 Å². The zero-order valence-corrected chi connectivity index (χ0v) is 25.9. The lowest BCUT2D eigenvalue weighted by Gasteiger charge is -2.48. The Kier molecular flexibility index (Phi) is 8.95. The van der Waals surface area contributed by atoms with Crippen molar-refractivity contribution < 1.29 is 13.2 Å².